The lowest BCUT2D eigenvalue weighted by Crippen LogP contribution is -2.20. The van der Waals surface area contributed by atoms with Crippen molar-refractivity contribution >= 4 is 5.97 Å². The summed E-state index contributed by atoms with van der Waals surface area (Å²) in [4.78, 5) is 21.5. The summed E-state index contributed by atoms with van der Waals surface area (Å²) >= 11 is 0. The van der Waals surface area contributed by atoms with Crippen molar-refractivity contribution in [2.24, 2.45) is 11.8 Å². The van der Waals surface area contributed by atoms with Crippen LogP contribution in [0.5, 0.6) is 0 Å². The molecule has 0 saturated heterocycles. The summed E-state index contributed by atoms with van der Waals surface area (Å²) in [7, 11) is 0. The first kappa shape index (κ1) is 17.4. The minimum atomic E-state index is -0.354. The van der Waals surface area contributed by atoms with Crippen LogP contribution in [0.15, 0.2) is 0 Å². The van der Waals surface area contributed by atoms with Gasteiger partial charge in [-0.25, -0.2) is 4.79 Å². The molecule has 18 heavy (non-hydrogen) atoms. The molecule has 4 heteroatoms. The van der Waals surface area contributed by atoms with Gasteiger partial charge in [0.1, 0.15) is 0 Å². The van der Waals surface area contributed by atoms with Crippen molar-refractivity contribution in [1.82, 2.24) is 0 Å². The Labute approximate surface area is 111 Å². The minimum absolute atomic E-state index is 0.0583. The highest BCUT2D eigenvalue weighted by atomic mass is 17.2. The molecule has 0 heterocycles. The van der Waals surface area contributed by atoms with Crippen LogP contribution in [0.4, 0.5) is 0 Å². The van der Waals surface area contributed by atoms with Gasteiger partial charge in [0, 0.05) is 0 Å². The maximum Gasteiger partial charge on any atom is 0.345 e. The third-order valence-corrected chi connectivity index (χ3v) is 2.97. The highest BCUT2D eigenvalue weighted by Gasteiger charge is 2.19. The van der Waals surface area contributed by atoms with Crippen molar-refractivity contribution in [3.05, 3.63) is 0 Å². The molecule has 0 aliphatic heterocycles. The first-order valence-corrected chi connectivity index (χ1v) is 7.02. The Kier molecular flexibility index (Phi) is 9.98. The lowest BCUT2D eigenvalue weighted by molar-refractivity contribution is -0.281. The van der Waals surface area contributed by atoms with E-state index in [-0.39, 0.29) is 23.9 Å². The van der Waals surface area contributed by atoms with E-state index >= 15 is 0 Å². The standard InChI is InChI=1S/C14H28O4/c1-5-7-8-13(6-2)14(16)18-17-10-11(3)9-12(4)15/h11-13,15H,5-10H2,1-4H3. The average molecular weight is 260 g/mol. The zero-order valence-electron chi connectivity index (χ0n) is 12.1. The molecule has 0 aromatic carbocycles. The summed E-state index contributed by atoms with van der Waals surface area (Å²) in [5, 5.41) is 9.19. The molecule has 0 bridgehead atoms. The molecule has 1 N–H and O–H groups in total. The van der Waals surface area contributed by atoms with E-state index in [4.69, 9.17) is 9.78 Å². The summed E-state index contributed by atoms with van der Waals surface area (Å²) in [6.45, 7) is 8.11. The van der Waals surface area contributed by atoms with Crippen LogP contribution in [0.3, 0.4) is 0 Å². The van der Waals surface area contributed by atoms with Gasteiger partial charge in [-0.15, -0.1) is 0 Å². The van der Waals surface area contributed by atoms with Gasteiger partial charge >= 0.3 is 5.97 Å². The van der Waals surface area contributed by atoms with Crippen molar-refractivity contribution < 1.29 is 19.7 Å². The molecule has 3 atom stereocenters. The maximum absolute atomic E-state index is 11.7. The molecule has 0 amide bonds. The molecular weight excluding hydrogens is 232 g/mol. The zero-order chi connectivity index (χ0) is 14.0. The number of hydrogen-bond donors (Lipinski definition) is 1. The van der Waals surface area contributed by atoms with Crippen molar-refractivity contribution in [2.45, 2.75) is 65.9 Å². The van der Waals surface area contributed by atoms with Gasteiger partial charge in [0.05, 0.1) is 18.6 Å². The second-order valence-electron chi connectivity index (χ2n) is 5.12. The monoisotopic (exact) mass is 260 g/mol. The maximum atomic E-state index is 11.7. The lowest BCUT2D eigenvalue weighted by atomic mass is 10.00. The molecule has 0 spiro atoms. The molecule has 3 unspecified atom stereocenters. The van der Waals surface area contributed by atoms with Crippen LogP contribution >= 0.6 is 0 Å². The predicted octanol–water partition coefficient (Wildman–Crippen LogP) is 3.08. The van der Waals surface area contributed by atoms with E-state index < -0.39 is 0 Å². The first-order chi connectivity index (χ1) is 8.51. The Morgan fingerprint density at radius 1 is 1.28 bits per heavy atom. The lowest BCUT2D eigenvalue weighted by Gasteiger charge is -2.15. The van der Waals surface area contributed by atoms with Crippen molar-refractivity contribution in [2.75, 3.05) is 6.61 Å². The van der Waals surface area contributed by atoms with E-state index in [1.807, 2.05) is 13.8 Å². The number of unbranched alkanes of at least 4 members (excludes halogenated alkanes) is 1. The SMILES string of the molecule is CCCCC(CC)C(=O)OOCC(C)CC(C)O. The second-order valence-corrected chi connectivity index (χ2v) is 5.12. The molecule has 108 valence electrons. The third-order valence-electron chi connectivity index (χ3n) is 2.97. The van der Waals surface area contributed by atoms with Gasteiger partial charge in [0.15, 0.2) is 0 Å². The van der Waals surface area contributed by atoms with E-state index in [1.165, 1.54) is 0 Å². The minimum Gasteiger partial charge on any atom is -0.393 e. The number of carbonyl (C=O) groups is 1. The number of hydrogen-bond acceptors (Lipinski definition) is 4. The smallest absolute Gasteiger partial charge is 0.345 e. The molecule has 4 nitrogen and oxygen atoms in total. The summed E-state index contributed by atoms with van der Waals surface area (Å²) in [5.41, 5.74) is 0. The molecule has 0 aromatic heterocycles. The summed E-state index contributed by atoms with van der Waals surface area (Å²) < 4.78 is 0. The van der Waals surface area contributed by atoms with Crippen LogP contribution in [0.1, 0.15) is 59.8 Å². The third kappa shape index (κ3) is 8.48. The topological polar surface area (TPSA) is 55.8 Å². The Hall–Kier alpha value is -0.610. The van der Waals surface area contributed by atoms with Crippen LogP contribution in [0.2, 0.25) is 0 Å². The van der Waals surface area contributed by atoms with Gasteiger partial charge in [0.2, 0.25) is 0 Å². The normalized spacial score (nSPS) is 16.1. The molecule has 0 rings (SSSR count). The van der Waals surface area contributed by atoms with Gasteiger partial charge in [-0.3, -0.25) is 4.89 Å². The van der Waals surface area contributed by atoms with Gasteiger partial charge in [-0.1, -0.05) is 33.6 Å². The van der Waals surface area contributed by atoms with Gasteiger partial charge in [-0.05, 0) is 32.1 Å². The Morgan fingerprint density at radius 3 is 2.44 bits per heavy atom. The van der Waals surface area contributed by atoms with Crippen LogP contribution < -0.4 is 0 Å². The Morgan fingerprint density at radius 2 is 1.94 bits per heavy atom. The molecule has 0 aliphatic carbocycles. The summed E-state index contributed by atoms with van der Waals surface area (Å²) in [5.74, 6) is -0.152. The molecule has 0 aliphatic rings. The summed E-state index contributed by atoms with van der Waals surface area (Å²) in [6, 6.07) is 0. The molecule has 0 aromatic rings. The van der Waals surface area contributed by atoms with Crippen LogP contribution in [-0.4, -0.2) is 23.8 Å². The largest absolute Gasteiger partial charge is 0.393 e. The highest BCUT2D eigenvalue weighted by molar-refractivity contribution is 5.71. The van der Waals surface area contributed by atoms with E-state index in [0.717, 1.165) is 25.7 Å². The van der Waals surface area contributed by atoms with E-state index in [1.54, 1.807) is 6.92 Å². The fourth-order valence-electron chi connectivity index (χ4n) is 1.87. The number of carbonyl (C=O) groups excluding carboxylic acids is 1. The average Bonchev–Trinajstić information content (AvgIpc) is 2.29. The summed E-state index contributed by atoms with van der Waals surface area (Å²) in [6.07, 6.45) is 4.04. The van der Waals surface area contributed by atoms with Crippen LogP contribution in [0.25, 0.3) is 0 Å². The van der Waals surface area contributed by atoms with Crippen molar-refractivity contribution in [3.63, 3.8) is 0 Å². The van der Waals surface area contributed by atoms with Gasteiger partial charge < -0.3 is 5.11 Å². The second kappa shape index (κ2) is 10.3. The Balaban J connectivity index is 3.79. The molecule has 0 saturated carbocycles. The first-order valence-electron chi connectivity index (χ1n) is 7.02. The number of aliphatic hydroxyl groups is 1. The fourth-order valence-corrected chi connectivity index (χ4v) is 1.87. The zero-order valence-corrected chi connectivity index (χ0v) is 12.1. The van der Waals surface area contributed by atoms with E-state index in [0.29, 0.717) is 13.0 Å². The fraction of sp³-hybridized carbons (Fsp3) is 0.929. The quantitative estimate of drug-likeness (QED) is 0.484. The van der Waals surface area contributed by atoms with Gasteiger partial charge in [0.25, 0.3) is 0 Å². The predicted molar refractivity (Wildman–Crippen MR) is 70.8 cm³/mol. The highest BCUT2D eigenvalue weighted by Crippen LogP contribution is 2.15. The van der Waals surface area contributed by atoms with Crippen LogP contribution in [0, 0.1) is 11.8 Å². The van der Waals surface area contributed by atoms with Crippen LogP contribution in [-0.2, 0) is 14.6 Å². The number of rotatable bonds is 10. The number of aliphatic hydroxyl groups excluding tert-OH is 1. The van der Waals surface area contributed by atoms with E-state index in [2.05, 4.69) is 6.92 Å². The van der Waals surface area contributed by atoms with E-state index in [9.17, 15) is 9.90 Å². The molecule has 0 radical (unpaired) electrons. The Bertz CT molecular complexity index is 216. The van der Waals surface area contributed by atoms with Crippen molar-refractivity contribution in [1.29, 1.82) is 0 Å². The van der Waals surface area contributed by atoms with Crippen molar-refractivity contribution in [3.8, 4) is 0 Å². The van der Waals surface area contributed by atoms with Gasteiger partial charge in [-0.2, -0.15) is 4.89 Å². The molecular formula is C14H28O4. The molecule has 0 fully saturated rings.